The molecule has 2 aromatic heterocycles. The van der Waals surface area contributed by atoms with Crippen LogP contribution < -0.4 is 5.73 Å². The summed E-state index contributed by atoms with van der Waals surface area (Å²) in [6.45, 7) is 12.8. The number of ether oxygens (including phenoxy) is 1. The second-order valence-corrected chi connectivity index (χ2v) is 14.5. The fourth-order valence-electron chi connectivity index (χ4n) is 3.97. The Kier molecular flexibility index (Phi) is 5.20. The second kappa shape index (κ2) is 6.74. The van der Waals surface area contributed by atoms with Gasteiger partial charge in [0.05, 0.1) is 0 Å². The van der Waals surface area contributed by atoms with E-state index in [0.29, 0.717) is 16.7 Å². The third-order valence-corrected chi connectivity index (χ3v) is 7.58. The first-order valence-corrected chi connectivity index (χ1v) is 14.2. The fourth-order valence-corrected chi connectivity index (χ4v) is 6.02. The Balaban J connectivity index is 2.09. The summed E-state index contributed by atoms with van der Waals surface area (Å²) in [7, 11) is 0. The van der Waals surface area contributed by atoms with Crippen molar-refractivity contribution in [2.24, 2.45) is 11.3 Å². The Morgan fingerprint density at radius 1 is 1.46 bits per heavy atom. The van der Waals surface area contributed by atoms with E-state index >= 15 is 0 Å². The van der Waals surface area contributed by atoms with Gasteiger partial charge < -0.3 is 0 Å². The molecule has 2 unspecified atom stereocenters. The molecule has 8 heteroatoms. The summed E-state index contributed by atoms with van der Waals surface area (Å²) in [6.07, 6.45) is 2.65. The molecule has 0 spiro atoms. The van der Waals surface area contributed by atoms with E-state index in [1.54, 1.807) is 16.8 Å². The molecule has 5 nitrogen and oxygen atoms in total. The molecule has 0 amide bonds. The van der Waals surface area contributed by atoms with Gasteiger partial charge in [0, 0.05) is 0 Å². The molecular weight excluding hydrogens is 524 g/mol. The van der Waals surface area contributed by atoms with Gasteiger partial charge in [0.2, 0.25) is 0 Å². The van der Waals surface area contributed by atoms with Gasteiger partial charge in [-0.2, -0.15) is 0 Å². The van der Waals surface area contributed by atoms with E-state index in [2.05, 4.69) is 46.3 Å². The van der Waals surface area contributed by atoms with Crippen LogP contribution in [0, 0.1) is 17.2 Å². The summed E-state index contributed by atoms with van der Waals surface area (Å²) in [5.41, 5.74) is 6.16. The standard InChI is InChI=1S/C18H26FN3O2P.W/c1-10-17(3,4)16(23-18(10,5)11(2)24-25-6)22-9-12(19)14-13(20)7-8-21-15(14)22;/h7-11,16H,1-6H3,(H2,20,21);/q-1;+2/t10-,11?,16+,18-;/m0./s1. The molecule has 142 valence electrons. The average Bonchev–Trinajstić information content (AvgIpc) is 2.96. The number of nitrogens with zero attached hydrogens (tertiary/aromatic N) is 2. The molecular formula is C18H26FN3O2PW+. The zero-order valence-electron chi connectivity index (χ0n) is 16.0. The zero-order valence-corrected chi connectivity index (χ0v) is 19.8. The van der Waals surface area contributed by atoms with Crippen LogP contribution in [-0.2, 0) is 28.1 Å². The number of halogens is 1. The van der Waals surface area contributed by atoms with E-state index in [0.717, 1.165) is 0 Å². The van der Waals surface area contributed by atoms with Gasteiger partial charge in [-0.25, -0.2) is 0 Å². The first kappa shape index (κ1) is 20.1. The molecule has 0 saturated carbocycles. The molecule has 1 saturated heterocycles. The number of nitrogen functional groups attached to an aromatic ring is 1. The topological polar surface area (TPSA) is 62.3 Å². The van der Waals surface area contributed by atoms with Gasteiger partial charge in [0.25, 0.3) is 0 Å². The Hall–Kier alpha value is -0.672. The molecule has 0 radical (unpaired) electrons. The van der Waals surface area contributed by atoms with Crippen LogP contribution in [0.25, 0.3) is 11.0 Å². The van der Waals surface area contributed by atoms with Gasteiger partial charge in [-0.15, -0.1) is 0 Å². The van der Waals surface area contributed by atoms with Crippen LogP contribution in [0.2, 0.25) is 0 Å². The van der Waals surface area contributed by atoms with E-state index in [4.69, 9.17) is 15.0 Å². The van der Waals surface area contributed by atoms with Crippen LogP contribution in [0.4, 0.5) is 10.1 Å². The minimum atomic E-state index is -0.479. The van der Waals surface area contributed by atoms with Crippen molar-refractivity contribution in [3.05, 3.63) is 24.3 Å². The molecule has 26 heavy (non-hydrogen) atoms. The van der Waals surface area contributed by atoms with Crippen LogP contribution >= 0.6 is 5.78 Å². The number of fused-ring (bicyclic) bond motifs is 1. The SMILES string of the molecule is CC(O[P+](C)=[W])[C@@]1(C)O[C@@H](n2cc(F)c3c(N)ccnc32)C(C)(C)[C@@H]1C. The van der Waals surface area contributed by atoms with E-state index in [1.165, 1.54) is 25.0 Å². The number of hydrogen-bond donors (Lipinski definition) is 1. The van der Waals surface area contributed by atoms with Crippen LogP contribution in [0.15, 0.2) is 18.5 Å². The molecule has 1 aliphatic rings. The Morgan fingerprint density at radius 2 is 2.12 bits per heavy atom. The first-order chi connectivity index (χ1) is 12.0. The third kappa shape index (κ3) is 2.99. The van der Waals surface area contributed by atoms with Gasteiger partial charge in [0.15, 0.2) is 0 Å². The molecule has 3 rings (SSSR count). The van der Waals surface area contributed by atoms with Crippen molar-refractivity contribution in [2.75, 3.05) is 12.4 Å². The maximum atomic E-state index is 14.6. The van der Waals surface area contributed by atoms with Crippen molar-refractivity contribution in [1.82, 2.24) is 9.55 Å². The van der Waals surface area contributed by atoms with Gasteiger partial charge in [-0.1, -0.05) is 0 Å². The summed E-state index contributed by atoms with van der Waals surface area (Å²) >= 11 is 1.45. The summed E-state index contributed by atoms with van der Waals surface area (Å²) in [4.78, 5) is 4.38. The fraction of sp³-hybridized carbons (Fsp3) is 0.611. The molecule has 2 N–H and O–H groups in total. The van der Waals surface area contributed by atoms with Gasteiger partial charge in [0.1, 0.15) is 0 Å². The molecule has 0 aromatic carbocycles. The number of aromatic nitrogens is 2. The zero-order chi connectivity index (χ0) is 19.4. The molecule has 1 fully saturated rings. The summed E-state index contributed by atoms with van der Waals surface area (Å²) in [6, 6.07) is 1.62. The van der Waals surface area contributed by atoms with Gasteiger partial charge >= 0.3 is 165 Å². The predicted octanol–water partition coefficient (Wildman–Crippen LogP) is 4.60. The Morgan fingerprint density at radius 3 is 2.73 bits per heavy atom. The van der Waals surface area contributed by atoms with Crippen molar-refractivity contribution >= 4 is 22.5 Å². The van der Waals surface area contributed by atoms with E-state index in [-0.39, 0.29) is 29.5 Å². The minimum absolute atomic E-state index is 0.0555. The van der Waals surface area contributed by atoms with Crippen molar-refractivity contribution in [3.8, 4) is 0 Å². The first-order valence-electron chi connectivity index (χ1n) is 8.66. The Bertz CT molecular complexity index is 871. The van der Waals surface area contributed by atoms with Crippen molar-refractivity contribution in [1.29, 1.82) is 0 Å². The third-order valence-electron chi connectivity index (χ3n) is 6.04. The summed E-state index contributed by atoms with van der Waals surface area (Å²) in [5.74, 6) is -0.602. The number of pyridine rings is 1. The van der Waals surface area contributed by atoms with E-state index in [1.807, 2.05) is 0 Å². The van der Waals surface area contributed by atoms with Crippen molar-refractivity contribution < 1.29 is 32.5 Å². The average molecular weight is 550 g/mol. The van der Waals surface area contributed by atoms with E-state index in [9.17, 15) is 4.39 Å². The van der Waals surface area contributed by atoms with Crippen LogP contribution in [0.1, 0.15) is 40.8 Å². The van der Waals surface area contributed by atoms with Gasteiger partial charge in [-0.05, 0) is 0 Å². The molecule has 2 aromatic rings. The second-order valence-electron chi connectivity index (χ2n) is 7.87. The summed E-state index contributed by atoms with van der Waals surface area (Å²) in [5, 5.41) is 0.353. The van der Waals surface area contributed by atoms with Gasteiger partial charge in [-0.3, -0.25) is 0 Å². The molecule has 5 atom stereocenters. The van der Waals surface area contributed by atoms with Crippen molar-refractivity contribution in [2.45, 2.75) is 52.6 Å². The quantitative estimate of drug-likeness (QED) is 0.566. The van der Waals surface area contributed by atoms with E-state index < -0.39 is 11.4 Å². The molecule has 3 heterocycles. The number of hydrogen-bond acceptors (Lipinski definition) is 4. The molecule has 0 bridgehead atoms. The number of nitrogens with two attached hydrogens (primary N) is 1. The normalized spacial score (nSPS) is 29.9. The van der Waals surface area contributed by atoms with Crippen LogP contribution in [-0.4, -0.2) is 27.9 Å². The summed E-state index contributed by atoms with van der Waals surface area (Å²) < 4.78 is 29.1. The monoisotopic (exact) mass is 550 g/mol. The molecule has 0 aliphatic carbocycles. The van der Waals surface area contributed by atoms with Crippen LogP contribution in [0.5, 0.6) is 0 Å². The number of anilines is 1. The predicted molar refractivity (Wildman–Crippen MR) is 99.0 cm³/mol. The number of rotatable bonds is 4. The molecule has 1 aliphatic heterocycles. The van der Waals surface area contributed by atoms with Crippen LogP contribution in [0.3, 0.4) is 0 Å². The Labute approximate surface area is 165 Å². The maximum absolute atomic E-state index is 14.6. The van der Waals surface area contributed by atoms with Crippen molar-refractivity contribution in [3.63, 3.8) is 0 Å².